The molecule has 0 bridgehead atoms. The lowest BCUT2D eigenvalue weighted by Crippen LogP contribution is -2.21. The van der Waals surface area contributed by atoms with Crippen molar-refractivity contribution < 1.29 is 19.0 Å². The van der Waals surface area contributed by atoms with Crippen molar-refractivity contribution in [1.82, 2.24) is 5.32 Å². The van der Waals surface area contributed by atoms with Crippen molar-refractivity contribution in [3.8, 4) is 5.75 Å². The first-order valence-corrected chi connectivity index (χ1v) is 6.41. The van der Waals surface area contributed by atoms with Gasteiger partial charge in [0.1, 0.15) is 5.75 Å². The average molecular weight is 265 g/mol. The predicted octanol–water partition coefficient (Wildman–Crippen LogP) is 1.12. The number of esters is 1. The van der Waals surface area contributed by atoms with Gasteiger partial charge in [-0.05, 0) is 17.7 Å². The molecule has 1 heterocycles. The Kier molecular flexibility index (Phi) is 5.18. The summed E-state index contributed by atoms with van der Waals surface area (Å²) in [5.74, 6) is 0.426. The number of rotatable bonds is 7. The maximum Gasteiger partial charge on any atom is 0.347 e. The Labute approximate surface area is 112 Å². The van der Waals surface area contributed by atoms with Gasteiger partial charge < -0.3 is 19.5 Å². The van der Waals surface area contributed by atoms with Gasteiger partial charge in [-0.1, -0.05) is 12.1 Å². The van der Waals surface area contributed by atoms with Crippen LogP contribution < -0.4 is 10.1 Å². The van der Waals surface area contributed by atoms with E-state index in [-0.39, 0.29) is 5.97 Å². The Morgan fingerprint density at radius 3 is 2.79 bits per heavy atom. The van der Waals surface area contributed by atoms with Crippen LogP contribution in [-0.2, 0) is 20.8 Å². The molecular formula is C14H19NO4. The van der Waals surface area contributed by atoms with E-state index in [1.165, 1.54) is 0 Å². The number of carbonyl (C=O) groups is 1. The van der Waals surface area contributed by atoms with Gasteiger partial charge in [0.15, 0.2) is 6.10 Å². The summed E-state index contributed by atoms with van der Waals surface area (Å²) in [5, 5.41) is 3.26. The monoisotopic (exact) mass is 265 g/mol. The molecular weight excluding hydrogens is 246 g/mol. The summed E-state index contributed by atoms with van der Waals surface area (Å²) >= 11 is 0. The van der Waals surface area contributed by atoms with Gasteiger partial charge in [0.05, 0.1) is 13.2 Å². The number of carbonyl (C=O) groups excluding carboxylic acids is 1. The van der Waals surface area contributed by atoms with Gasteiger partial charge in [-0.3, -0.25) is 0 Å². The van der Waals surface area contributed by atoms with Gasteiger partial charge in [0.2, 0.25) is 0 Å². The van der Waals surface area contributed by atoms with E-state index in [0.29, 0.717) is 25.4 Å². The smallest absolute Gasteiger partial charge is 0.347 e. The molecule has 0 amide bonds. The third-order valence-electron chi connectivity index (χ3n) is 2.90. The van der Waals surface area contributed by atoms with Crippen molar-refractivity contribution in [3.05, 3.63) is 29.8 Å². The Morgan fingerprint density at radius 2 is 2.16 bits per heavy atom. The Hall–Kier alpha value is -1.59. The largest absolute Gasteiger partial charge is 0.479 e. The highest BCUT2D eigenvalue weighted by molar-refractivity contribution is 5.76. The van der Waals surface area contributed by atoms with E-state index in [2.05, 4.69) is 5.32 Å². The molecule has 1 N–H and O–H groups in total. The van der Waals surface area contributed by atoms with Crippen LogP contribution in [0.15, 0.2) is 24.3 Å². The highest BCUT2D eigenvalue weighted by atomic mass is 16.6. The Morgan fingerprint density at radius 1 is 1.37 bits per heavy atom. The molecule has 1 saturated heterocycles. The summed E-state index contributed by atoms with van der Waals surface area (Å²) in [7, 11) is 1.68. The molecule has 0 saturated carbocycles. The maximum atomic E-state index is 11.3. The van der Waals surface area contributed by atoms with Crippen molar-refractivity contribution in [2.75, 3.05) is 26.9 Å². The van der Waals surface area contributed by atoms with Crippen LogP contribution in [0.3, 0.4) is 0 Å². The summed E-state index contributed by atoms with van der Waals surface area (Å²) in [5.41, 5.74) is 1.16. The highest BCUT2D eigenvalue weighted by Gasteiger charge is 2.28. The molecule has 1 aromatic carbocycles. The van der Waals surface area contributed by atoms with Crippen molar-refractivity contribution in [3.63, 3.8) is 0 Å². The zero-order valence-corrected chi connectivity index (χ0v) is 11.1. The minimum absolute atomic E-state index is 0.273. The molecule has 0 aromatic heterocycles. The molecule has 104 valence electrons. The lowest BCUT2D eigenvalue weighted by Gasteiger charge is -2.10. The van der Waals surface area contributed by atoms with Crippen molar-refractivity contribution in [2.24, 2.45) is 0 Å². The van der Waals surface area contributed by atoms with E-state index in [9.17, 15) is 4.79 Å². The van der Waals surface area contributed by atoms with Crippen LogP contribution in [0.4, 0.5) is 0 Å². The summed E-state index contributed by atoms with van der Waals surface area (Å²) in [6.07, 6.45) is 0.171. The van der Waals surface area contributed by atoms with Gasteiger partial charge in [-0.2, -0.15) is 0 Å². The van der Waals surface area contributed by atoms with E-state index in [1.54, 1.807) is 7.11 Å². The average Bonchev–Trinajstić information content (AvgIpc) is 2.82. The van der Waals surface area contributed by atoms with Gasteiger partial charge in [-0.15, -0.1) is 0 Å². The van der Waals surface area contributed by atoms with Crippen LogP contribution in [0.2, 0.25) is 0 Å². The molecule has 1 atom stereocenters. The number of nitrogens with one attached hydrogen (secondary N) is 1. The van der Waals surface area contributed by atoms with Gasteiger partial charge in [0.25, 0.3) is 0 Å². The molecule has 1 aliphatic heterocycles. The van der Waals surface area contributed by atoms with Crippen LogP contribution in [0.25, 0.3) is 0 Å². The first kappa shape index (κ1) is 13.8. The van der Waals surface area contributed by atoms with Crippen molar-refractivity contribution in [1.29, 1.82) is 0 Å². The molecule has 5 heteroatoms. The second-order valence-corrected chi connectivity index (χ2v) is 4.38. The summed E-state index contributed by atoms with van der Waals surface area (Å²) in [4.78, 5) is 11.3. The minimum atomic E-state index is -0.453. The van der Waals surface area contributed by atoms with Crippen LogP contribution in [0.1, 0.15) is 12.0 Å². The Balaban J connectivity index is 1.79. The molecule has 0 spiro atoms. The number of hydrogen-bond donors (Lipinski definition) is 1. The lowest BCUT2D eigenvalue weighted by molar-refractivity contribution is -0.143. The highest BCUT2D eigenvalue weighted by Crippen LogP contribution is 2.18. The standard InChI is InChI=1S/C14H19NO4/c1-17-9-7-15-10-11-2-4-12(5-3-11)19-13-6-8-18-14(13)16/h2-5,13,15H,6-10H2,1H3. The van der Waals surface area contributed by atoms with Gasteiger partial charge in [-0.25, -0.2) is 4.79 Å². The molecule has 19 heavy (non-hydrogen) atoms. The molecule has 2 rings (SSSR count). The molecule has 1 fully saturated rings. The van der Waals surface area contributed by atoms with E-state index in [1.807, 2.05) is 24.3 Å². The molecule has 1 unspecified atom stereocenters. The minimum Gasteiger partial charge on any atom is -0.479 e. The number of methoxy groups -OCH3 is 1. The molecule has 1 aromatic rings. The zero-order valence-electron chi connectivity index (χ0n) is 11.1. The quantitative estimate of drug-likeness (QED) is 0.591. The summed E-state index contributed by atoms with van der Waals surface area (Å²) < 4.78 is 15.4. The van der Waals surface area contributed by atoms with E-state index < -0.39 is 6.10 Å². The topological polar surface area (TPSA) is 56.8 Å². The fourth-order valence-electron chi connectivity index (χ4n) is 1.84. The summed E-state index contributed by atoms with van der Waals surface area (Å²) in [6, 6.07) is 7.71. The number of cyclic esters (lactones) is 1. The van der Waals surface area contributed by atoms with E-state index >= 15 is 0 Å². The maximum absolute atomic E-state index is 11.3. The van der Waals surface area contributed by atoms with Crippen LogP contribution in [-0.4, -0.2) is 38.9 Å². The zero-order chi connectivity index (χ0) is 13.5. The third-order valence-corrected chi connectivity index (χ3v) is 2.90. The first-order chi connectivity index (χ1) is 9.29. The first-order valence-electron chi connectivity index (χ1n) is 6.41. The SMILES string of the molecule is COCCNCc1ccc(OC2CCOC2=O)cc1. The van der Waals surface area contributed by atoms with E-state index in [4.69, 9.17) is 14.2 Å². The van der Waals surface area contributed by atoms with Gasteiger partial charge >= 0.3 is 5.97 Å². The van der Waals surface area contributed by atoms with Crippen LogP contribution in [0.5, 0.6) is 5.75 Å². The van der Waals surface area contributed by atoms with Crippen molar-refractivity contribution >= 4 is 5.97 Å². The molecule has 1 aliphatic rings. The van der Waals surface area contributed by atoms with Crippen molar-refractivity contribution in [2.45, 2.75) is 19.1 Å². The predicted molar refractivity (Wildman–Crippen MR) is 70.0 cm³/mol. The van der Waals surface area contributed by atoms with Crippen LogP contribution in [0, 0.1) is 0 Å². The molecule has 0 aliphatic carbocycles. The third kappa shape index (κ3) is 4.22. The van der Waals surface area contributed by atoms with Crippen LogP contribution >= 0.6 is 0 Å². The number of hydrogen-bond acceptors (Lipinski definition) is 5. The molecule has 0 radical (unpaired) electrons. The summed E-state index contributed by atoms with van der Waals surface area (Å²) in [6.45, 7) is 2.76. The second-order valence-electron chi connectivity index (χ2n) is 4.38. The van der Waals surface area contributed by atoms with Gasteiger partial charge in [0, 0.05) is 26.6 Å². The number of ether oxygens (including phenoxy) is 3. The lowest BCUT2D eigenvalue weighted by atomic mass is 10.2. The number of benzene rings is 1. The van der Waals surface area contributed by atoms with E-state index in [0.717, 1.165) is 18.7 Å². The Bertz CT molecular complexity index is 404. The fraction of sp³-hybridized carbons (Fsp3) is 0.500. The fourth-order valence-corrected chi connectivity index (χ4v) is 1.84. The second kappa shape index (κ2) is 7.11. The normalized spacial score (nSPS) is 18.4. The molecule has 5 nitrogen and oxygen atoms in total.